The topological polar surface area (TPSA) is 29.9 Å². The van der Waals surface area contributed by atoms with E-state index in [4.69, 9.17) is 0 Å². The van der Waals surface area contributed by atoms with Crippen LogP contribution in [0.1, 0.15) is 19.4 Å². The first-order valence-electron chi connectivity index (χ1n) is 6.27. The molecule has 0 saturated carbocycles. The Bertz CT molecular complexity index is 495. The van der Waals surface area contributed by atoms with Gasteiger partial charge >= 0.3 is 0 Å². The van der Waals surface area contributed by atoms with Gasteiger partial charge in [-0.3, -0.25) is 0 Å². The summed E-state index contributed by atoms with van der Waals surface area (Å²) in [6.07, 6.45) is 5.94. The van der Waals surface area contributed by atoms with E-state index >= 15 is 0 Å². The highest BCUT2D eigenvalue weighted by Crippen LogP contribution is 2.11. The molecule has 3 heteroatoms. The van der Waals surface area contributed by atoms with Crippen LogP contribution in [0.4, 0.5) is 0 Å². The molecular formula is C15H19N3. The maximum absolute atomic E-state index is 4.21. The zero-order valence-corrected chi connectivity index (χ0v) is 10.9. The van der Waals surface area contributed by atoms with E-state index in [-0.39, 0.29) is 0 Å². The van der Waals surface area contributed by atoms with Gasteiger partial charge < -0.3 is 5.32 Å². The largest absolute Gasteiger partial charge is 0.313 e. The van der Waals surface area contributed by atoms with E-state index in [2.05, 4.69) is 54.6 Å². The molecule has 2 rings (SSSR count). The molecule has 0 radical (unpaired) electrons. The van der Waals surface area contributed by atoms with Crippen LogP contribution in [0.25, 0.3) is 11.8 Å². The summed E-state index contributed by atoms with van der Waals surface area (Å²) in [5.74, 6) is 0. The second-order valence-corrected chi connectivity index (χ2v) is 4.31. The summed E-state index contributed by atoms with van der Waals surface area (Å²) in [5, 5.41) is 7.53. The van der Waals surface area contributed by atoms with Crippen molar-refractivity contribution in [3.63, 3.8) is 0 Å². The van der Waals surface area contributed by atoms with Crippen molar-refractivity contribution in [1.82, 2.24) is 15.1 Å². The standard InChI is InChI=1S/C15H19N3/c1-3-16-12-13(2)11-14-5-7-15(8-6-14)18-10-4-9-17-18/h4-11,16H,3,12H2,1-2H3. The summed E-state index contributed by atoms with van der Waals surface area (Å²) in [6.45, 7) is 6.21. The molecule has 0 atom stereocenters. The van der Waals surface area contributed by atoms with Crippen molar-refractivity contribution in [2.24, 2.45) is 0 Å². The molecule has 1 heterocycles. The van der Waals surface area contributed by atoms with Gasteiger partial charge in [-0.1, -0.05) is 30.7 Å². The van der Waals surface area contributed by atoms with E-state index in [1.54, 1.807) is 6.20 Å². The van der Waals surface area contributed by atoms with Crippen LogP contribution in [-0.4, -0.2) is 22.9 Å². The number of nitrogens with zero attached hydrogens (tertiary/aromatic N) is 2. The Morgan fingerprint density at radius 1 is 1.33 bits per heavy atom. The molecule has 3 nitrogen and oxygen atoms in total. The quantitative estimate of drug-likeness (QED) is 0.872. The Morgan fingerprint density at radius 3 is 2.72 bits per heavy atom. The molecule has 94 valence electrons. The fourth-order valence-electron chi connectivity index (χ4n) is 1.80. The number of hydrogen-bond acceptors (Lipinski definition) is 2. The summed E-state index contributed by atoms with van der Waals surface area (Å²) in [4.78, 5) is 0. The van der Waals surface area contributed by atoms with Gasteiger partial charge in [-0.25, -0.2) is 4.68 Å². The molecule has 0 unspecified atom stereocenters. The van der Waals surface area contributed by atoms with E-state index in [1.807, 2.05) is 16.9 Å². The van der Waals surface area contributed by atoms with E-state index in [1.165, 1.54) is 11.1 Å². The normalized spacial score (nSPS) is 11.8. The third-order valence-corrected chi connectivity index (χ3v) is 2.73. The molecule has 0 spiro atoms. The van der Waals surface area contributed by atoms with E-state index in [9.17, 15) is 0 Å². The molecule has 1 aromatic carbocycles. The lowest BCUT2D eigenvalue weighted by atomic mass is 10.1. The molecule has 0 fully saturated rings. The first kappa shape index (κ1) is 12.6. The third kappa shape index (κ3) is 3.31. The van der Waals surface area contributed by atoms with Crippen LogP contribution >= 0.6 is 0 Å². The Morgan fingerprint density at radius 2 is 2.11 bits per heavy atom. The Hall–Kier alpha value is -1.87. The fraction of sp³-hybridized carbons (Fsp3) is 0.267. The predicted molar refractivity (Wildman–Crippen MR) is 75.8 cm³/mol. The molecule has 0 bridgehead atoms. The number of hydrogen-bond donors (Lipinski definition) is 1. The molecule has 18 heavy (non-hydrogen) atoms. The molecule has 0 aliphatic heterocycles. The molecule has 0 aliphatic rings. The van der Waals surface area contributed by atoms with Crippen molar-refractivity contribution in [3.05, 3.63) is 53.9 Å². The van der Waals surface area contributed by atoms with Gasteiger partial charge in [0.1, 0.15) is 0 Å². The minimum atomic E-state index is 0.942. The van der Waals surface area contributed by atoms with Gasteiger partial charge in [-0.2, -0.15) is 5.10 Å². The average molecular weight is 241 g/mol. The number of rotatable bonds is 5. The second-order valence-electron chi connectivity index (χ2n) is 4.31. The van der Waals surface area contributed by atoms with Crippen LogP contribution in [0.3, 0.4) is 0 Å². The van der Waals surface area contributed by atoms with E-state index in [0.717, 1.165) is 18.8 Å². The van der Waals surface area contributed by atoms with Crippen molar-refractivity contribution in [3.8, 4) is 5.69 Å². The monoisotopic (exact) mass is 241 g/mol. The summed E-state index contributed by atoms with van der Waals surface area (Å²) < 4.78 is 1.86. The third-order valence-electron chi connectivity index (χ3n) is 2.73. The van der Waals surface area contributed by atoms with Crippen LogP contribution in [0.2, 0.25) is 0 Å². The molecule has 2 aromatic rings. The minimum absolute atomic E-state index is 0.942. The molecule has 0 saturated heterocycles. The van der Waals surface area contributed by atoms with Crippen LogP contribution in [-0.2, 0) is 0 Å². The number of benzene rings is 1. The summed E-state index contributed by atoms with van der Waals surface area (Å²) >= 11 is 0. The van der Waals surface area contributed by atoms with Crippen molar-refractivity contribution in [2.75, 3.05) is 13.1 Å². The zero-order chi connectivity index (χ0) is 12.8. The van der Waals surface area contributed by atoms with Crippen LogP contribution < -0.4 is 5.32 Å². The Kier molecular flexibility index (Phi) is 4.31. The van der Waals surface area contributed by atoms with Gasteiger partial charge in [0, 0.05) is 18.9 Å². The lowest BCUT2D eigenvalue weighted by molar-refractivity contribution is 0.778. The number of nitrogens with one attached hydrogen (secondary N) is 1. The number of likely N-dealkylation sites (N-methyl/N-ethyl adjacent to an activating group) is 1. The van der Waals surface area contributed by atoms with Gasteiger partial charge in [0.2, 0.25) is 0 Å². The van der Waals surface area contributed by atoms with Gasteiger partial charge in [0.15, 0.2) is 0 Å². The molecule has 1 N–H and O–H groups in total. The first-order valence-corrected chi connectivity index (χ1v) is 6.27. The molecule has 0 aliphatic carbocycles. The molecular weight excluding hydrogens is 222 g/mol. The van der Waals surface area contributed by atoms with E-state index < -0.39 is 0 Å². The highest BCUT2D eigenvalue weighted by molar-refractivity contribution is 5.54. The fourth-order valence-corrected chi connectivity index (χ4v) is 1.80. The lowest BCUT2D eigenvalue weighted by Crippen LogP contribution is -2.14. The van der Waals surface area contributed by atoms with Gasteiger partial charge in [0.05, 0.1) is 5.69 Å². The average Bonchev–Trinajstić information content (AvgIpc) is 2.91. The highest BCUT2D eigenvalue weighted by atomic mass is 15.3. The zero-order valence-electron chi connectivity index (χ0n) is 10.9. The van der Waals surface area contributed by atoms with Gasteiger partial charge in [0.25, 0.3) is 0 Å². The van der Waals surface area contributed by atoms with Crippen molar-refractivity contribution in [2.45, 2.75) is 13.8 Å². The van der Waals surface area contributed by atoms with Gasteiger partial charge in [-0.05, 0) is 37.2 Å². The summed E-state index contributed by atoms with van der Waals surface area (Å²) in [6, 6.07) is 10.3. The van der Waals surface area contributed by atoms with Crippen molar-refractivity contribution >= 4 is 6.08 Å². The van der Waals surface area contributed by atoms with E-state index in [0.29, 0.717) is 0 Å². The van der Waals surface area contributed by atoms with Crippen molar-refractivity contribution in [1.29, 1.82) is 0 Å². The maximum Gasteiger partial charge on any atom is 0.0645 e. The van der Waals surface area contributed by atoms with Crippen LogP contribution in [0, 0.1) is 0 Å². The Balaban J connectivity index is 2.08. The Labute approximate surface area is 108 Å². The summed E-state index contributed by atoms with van der Waals surface area (Å²) in [5.41, 5.74) is 3.64. The molecule has 0 amide bonds. The first-order chi connectivity index (χ1) is 8.79. The lowest BCUT2D eigenvalue weighted by Gasteiger charge is -2.04. The van der Waals surface area contributed by atoms with Gasteiger partial charge in [-0.15, -0.1) is 0 Å². The molecule has 1 aromatic heterocycles. The minimum Gasteiger partial charge on any atom is -0.313 e. The highest BCUT2D eigenvalue weighted by Gasteiger charge is 1.96. The van der Waals surface area contributed by atoms with Crippen molar-refractivity contribution < 1.29 is 0 Å². The smallest absolute Gasteiger partial charge is 0.0645 e. The second kappa shape index (κ2) is 6.17. The number of aromatic nitrogens is 2. The van der Waals surface area contributed by atoms with Crippen LogP contribution in [0.15, 0.2) is 48.3 Å². The SMILES string of the molecule is CCNCC(C)=Cc1ccc(-n2cccn2)cc1. The van der Waals surface area contributed by atoms with Crippen LogP contribution in [0.5, 0.6) is 0 Å². The predicted octanol–water partition coefficient (Wildman–Crippen LogP) is 2.89. The summed E-state index contributed by atoms with van der Waals surface area (Å²) in [7, 11) is 0. The maximum atomic E-state index is 4.21.